The van der Waals surface area contributed by atoms with Crippen molar-refractivity contribution < 1.29 is 30.0 Å². The Morgan fingerprint density at radius 1 is 1.11 bits per heavy atom. The van der Waals surface area contributed by atoms with Crippen LogP contribution in [0.5, 0.6) is 0 Å². The number of hydrogen-bond acceptors (Lipinski definition) is 5. The highest BCUT2D eigenvalue weighted by atomic mass is 16.5. The first-order valence-electron chi connectivity index (χ1n) is 9.98. The molecular weight excluding hydrogens is 360 g/mol. The second-order valence-corrected chi connectivity index (χ2v) is 6.92. The summed E-state index contributed by atoms with van der Waals surface area (Å²) in [5.41, 5.74) is 0. The zero-order chi connectivity index (χ0) is 20.8. The number of allylic oxidation sites excluding steroid dienone is 4. The Bertz CT molecular complexity index is 551. The van der Waals surface area contributed by atoms with Gasteiger partial charge in [0.05, 0.1) is 30.5 Å². The standard InChI is InChI=1S/C22H34O6/c1-2-3-8-12-20-19(25)16-21(28-20)18(24)15-14-17(23)11-9-6-4-5-7-10-13-22(26)27/h3,5-9,14-15,17-21,23-25H,2,4,10-13,16H2,1H3,(H,26,27)/b7-5-,8-3-,9-6-,15-14+/t17-,18-,19+,20+,21-/m0/s1. The number of aliphatic hydroxyl groups excluding tert-OH is 3. The Morgan fingerprint density at radius 3 is 2.57 bits per heavy atom. The largest absolute Gasteiger partial charge is 0.481 e. The molecule has 0 aromatic rings. The number of aliphatic hydroxyl groups is 3. The monoisotopic (exact) mass is 394 g/mol. The van der Waals surface area contributed by atoms with Gasteiger partial charge in [-0.3, -0.25) is 4.79 Å². The Balaban J connectivity index is 2.28. The van der Waals surface area contributed by atoms with E-state index in [1.165, 1.54) is 12.2 Å². The van der Waals surface area contributed by atoms with Crippen LogP contribution >= 0.6 is 0 Å². The Kier molecular flexibility index (Phi) is 12.4. The second-order valence-electron chi connectivity index (χ2n) is 6.92. The molecule has 0 aromatic heterocycles. The van der Waals surface area contributed by atoms with E-state index >= 15 is 0 Å². The first-order chi connectivity index (χ1) is 13.4. The van der Waals surface area contributed by atoms with Crippen LogP contribution in [0.4, 0.5) is 0 Å². The molecule has 1 aliphatic heterocycles. The molecule has 0 bridgehead atoms. The zero-order valence-electron chi connectivity index (χ0n) is 16.6. The van der Waals surface area contributed by atoms with Gasteiger partial charge in [-0.05, 0) is 32.1 Å². The molecule has 1 aliphatic rings. The number of hydrogen-bond donors (Lipinski definition) is 4. The number of aliphatic carboxylic acids is 1. The minimum absolute atomic E-state index is 0.129. The smallest absolute Gasteiger partial charge is 0.303 e. The summed E-state index contributed by atoms with van der Waals surface area (Å²) in [5, 5.41) is 38.7. The van der Waals surface area contributed by atoms with Gasteiger partial charge >= 0.3 is 5.97 Å². The summed E-state index contributed by atoms with van der Waals surface area (Å²) < 4.78 is 5.73. The third-order valence-electron chi connectivity index (χ3n) is 4.44. The summed E-state index contributed by atoms with van der Waals surface area (Å²) in [6, 6.07) is 0. The van der Waals surface area contributed by atoms with Crippen LogP contribution in [0.2, 0.25) is 0 Å². The summed E-state index contributed by atoms with van der Waals surface area (Å²) in [7, 11) is 0. The van der Waals surface area contributed by atoms with Crippen molar-refractivity contribution in [1.82, 2.24) is 0 Å². The average Bonchev–Trinajstić information content (AvgIpc) is 3.02. The molecule has 1 fully saturated rings. The van der Waals surface area contributed by atoms with Gasteiger partial charge in [0.2, 0.25) is 0 Å². The molecule has 0 unspecified atom stereocenters. The van der Waals surface area contributed by atoms with E-state index in [0.717, 1.165) is 6.42 Å². The molecule has 1 heterocycles. The molecular formula is C22H34O6. The molecule has 0 radical (unpaired) electrons. The maximum Gasteiger partial charge on any atom is 0.303 e. The van der Waals surface area contributed by atoms with E-state index in [9.17, 15) is 20.1 Å². The van der Waals surface area contributed by atoms with Gasteiger partial charge in [-0.15, -0.1) is 0 Å². The van der Waals surface area contributed by atoms with Crippen molar-refractivity contribution >= 4 is 5.97 Å². The van der Waals surface area contributed by atoms with Crippen molar-refractivity contribution in [3.8, 4) is 0 Å². The molecule has 4 N–H and O–H groups in total. The van der Waals surface area contributed by atoms with Crippen molar-refractivity contribution in [2.45, 2.75) is 82.4 Å². The number of ether oxygens (including phenoxy) is 1. The lowest BCUT2D eigenvalue weighted by Crippen LogP contribution is -2.24. The average molecular weight is 395 g/mol. The lowest BCUT2D eigenvalue weighted by molar-refractivity contribution is -0.136. The highest BCUT2D eigenvalue weighted by molar-refractivity contribution is 5.66. The van der Waals surface area contributed by atoms with E-state index in [1.54, 1.807) is 0 Å². The van der Waals surface area contributed by atoms with E-state index in [2.05, 4.69) is 0 Å². The molecule has 158 valence electrons. The third-order valence-corrected chi connectivity index (χ3v) is 4.44. The van der Waals surface area contributed by atoms with Gasteiger partial charge in [0.1, 0.15) is 0 Å². The van der Waals surface area contributed by atoms with Crippen LogP contribution < -0.4 is 0 Å². The van der Waals surface area contributed by atoms with Gasteiger partial charge in [-0.1, -0.05) is 55.5 Å². The third kappa shape index (κ3) is 10.6. The molecule has 0 spiro atoms. The van der Waals surface area contributed by atoms with Crippen LogP contribution in [0.3, 0.4) is 0 Å². The van der Waals surface area contributed by atoms with Crippen molar-refractivity contribution in [1.29, 1.82) is 0 Å². The normalized spacial score (nSPS) is 25.5. The van der Waals surface area contributed by atoms with Crippen molar-refractivity contribution in [3.63, 3.8) is 0 Å². The highest BCUT2D eigenvalue weighted by Gasteiger charge is 2.36. The summed E-state index contributed by atoms with van der Waals surface area (Å²) >= 11 is 0. The predicted molar refractivity (Wildman–Crippen MR) is 109 cm³/mol. The Hall–Kier alpha value is -1.73. The maximum absolute atomic E-state index is 10.4. The lowest BCUT2D eigenvalue weighted by Gasteiger charge is -2.16. The number of carboxylic acid groups (broad SMARTS) is 1. The highest BCUT2D eigenvalue weighted by Crippen LogP contribution is 2.26. The molecule has 1 saturated heterocycles. The molecule has 0 aromatic carbocycles. The van der Waals surface area contributed by atoms with Crippen molar-refractivity contribution in [2.75, 3.05) is 0 Å². The zero-order valence-corrected chi connectivity index (χ0v) is 16.6. The summed E-state index contributed by atoms with van der Waals surface area (Å²) in [6.45, 7) is 2.04. The molecule has 6 nitrogen and oxygen atoms in total. The molecule has 0 saturated carbocycles. The van der Waals surface area contributed by atoms with Crippen LogP contribution in [0.25, 0.3) is 0 Å². The van der Waals surface area contributed by atoms with E-state index in [0.29, 0.717) is 32.1 Å². The summed E-state index contributed by atoms with van der Waals surface area (Å²) in [4.78, 5) is 10.4. The first-order valence-corrected chi connectivity index (χ1v) is 9.98. The van der Waals surface area contributed by atoms with Crippen LogP contribution in [0.15, 0.2) is 48.6 Å². The summed E-state index contributed by atoms with van der Waals surface area (Å²) in [6.07, 6.45) is 15.3. The quantitative estimate of drug-likeness (QED) is 0.358. The lowest BCUT2D eigenvalue weighted by atomic mass is 10.0. The minimum atomic E-state index is -0.870. The van der Waals surface area contributed by atoms with Crippen molar-refractivity contribution in [2.24, 2.45) is 0 Å². The van der Waals surface area contributed by atoms with E-state index in [-0.39, 0.29) is 12.5 Å². The summed E-state index contributed by atoms with van der Waals surface area (Å²) in [5.74, 6) is -0.807. The molecule has 1 rings (SSSR count). The molecule has 5 atom stereocenters. The van der Waals surface area contributed by atoms with Gasteiger partial charge in [-0.2, -0.15) is 0 Å². The Labute approximate surface area is 167 Å². The molecule has 6 heteroatoms. The van der Waals surface area contributed by atoms with Crippen LogP contribution in [0, 0.1) is 0 Å². The van der Waals surface area contributed by atoms with Crippen LogP contribution in [0.1, 0.15) is 51.9 Å². The Morgan fingerprint density at radius 2 is 1.86 bits per heavy atom. The predicted octanol–water partition coefficient (Wildman–Crippen LogP) is 2.90. The number of carbonyl (C=O) groups is 1. The fourth-order valence-corrected chi connectivity index (χ4v) is 2.87. The van der Waals surface area contributed by atoms with Gasteiger partial charge < -0.3 is 25.2 Å². The SMILES string of the molecule is CC/C=C\C[C@H]1O[C@H]([C@@H](O)/C=C/[C@@H](O)C/C=C\C/C=C\CCC(=O)O)C[C@H]1O. The van der Waals surface area contributed by atoms with Crippen molar-refractivity contribution in [3.05, 3.63) is 48.6 Å². The fraction of sp³-hybridized carbons (Fsp3) is 0.591. The molecule has 28 heavy (non-hydrogen) atoms. The topological polar surface area (TPSA) is 107 Å². The van der Waals surface area contributed by atoms with Gasteiger partial charge in [0.15, 0.2) is 0 Å². The van der Waals surface area contributed by atoms with Gasteiger partial charge in [-0.25, -0.2) is 0 Å². The van der Waals surface area contributed by atoms with E-state index in [1.807, 2.05) is 43.4 Å². The van der Waals surface area contributed by atoms with Gasteiger partial charge in [0, 0.05) is 12.8 Å². The fourth-order valence-electron chi connectivity index (χ4n) is 2.87. The van der Waals surface area contributed by atoms with E-state index < -0.39 is 30.4 Å². The number of rotatable bonds is 13. The first kappa shape index (κ1) is 24.3. The molecule has 0 aliphatic carbocycles. The van der Waals surface area contributed by atoms with Crippen LogP contribution in [-0.2, 0) is 9.53 Å². The van der Waals surface area contributed by atoms with Gasteiger partial charge in [0.25, 0.3) is 0 Å². The van der Waals surface area contributed by atoms with E-state index in [4.69, 9.17) is 9.84 Å². The minimum Gasteiger partial charge on any atom is -0.481 e. The number of carboxylic acids is 1. The second kappa shape index (κ2) is 14.3. The van der Waals surface area contributed by atoms with Crippen LogP contribution in [-0.4, -0.2) is 56.9 Å². The molecule has 0 amide bonds. The maximum atomic E-state index is 10.4.